The molecule has 0 bridgehead atoms. The van der Waals surface area contributed by atoms with Crippen LogP contribution in [0, 0.1) is 5.92 Å². The van der Waals surface area contributed by atoms with E-state index in [1.807, 2.05) is 24.0 Å². The molecule has 0 unspecified atom stereocenters. The number of rotatable bonds is 6. The fourth-order valence-electron chi connectivity index (χ4n) is 2.03. The summed E-state index contributed by atoms with van der Waals surface area (Å²) in [6.45, 7) is 4.63. The molecule has 100 valence electrons. The zero-order chi connectivity index (χ0) is 13.1. The number of hydrogen-bond donors (Lipinski definition) is 1. The normalized spacial score (nSPS) is 18.4. The summed E-state index contributed by atoms with van der Waals surface area (Å²) >= 11 is 0. The smallest absolute Gasteiger partial charge is 0.240 e. The maximum absolute atomic E-state index is 12.4. The van der Waals surface area contributed by atoms with Crippen LogP contribution in [0.1, 0.15) is 38.9 Å². The van der Waals surface area contributed by atoms with Gasteiger partial charge in [0.1, 0.15) is 5.76 Å². The Balaban J connectivity index is 2.03. The standard InChI is InChI=1S/C14H22N2O2/c1-3-10(2)13(15)14(17)16(11-6-7-11)9-12-5-4-8-18-12/h4-5,8,10-11,13H,3,6-7,9,15H2,1-2H3/t10-,13-/m0/s1. The first-order chi connectivity index (χ1) is 8.63. The molecule has 2 rings (SSSR count). The van der Waals surface area contributed by atoms with Crippen LogP contribution >= 0.6 is 0 Å². The van der Waals surface area contributed by atoms with Gasteiger partial charge in [0.25, 0.3) is 0 Å². The highest BCUT2D eigenvalue weighted by atomic mass is 16.3. The van der Waals surface area contributed by atoms with Crippen LogP contribution in [0.4, 0.5) is 0 Å². The molecule has 1 saturated carbocycles. The van der Waals surface area contributed by atoms with E-state index < -0.39 is 6.04 Å². The van der Waals surface area contributed by atoms with Gasteiger partial charge in [0, 0.05) is 6.04 Å². The first-order valence-corrected chi connectivity index (χ1v) is 6.72. The van der Waals surface area contributed by atoms with Gasteiger partial charge < -0.3 is 15.1 Å². The second kappa shape index (κ2) is 5.57. The van der Waals surface area contributed by atoms with Crippen LogP contribution in [0.3, 0.4) is 0 Å². The van der Waals surface area contributed by atoms with E-state index in [0.717, 1.165) is 25.0 Å². The number of nitrogens with zero attached hydrogens (tertiary/aromatic N) is 1. The van der Waals surface area contributed by atoms with Gasteiger partial charge >= 0.3 is 0 Å². The first kappa shape index (κ1) is 13.1. The molecule has 0 aromatic carbocycles. The zero-order valence-electron chi connectivity index (χ0n) is 11.1. The average Bonchev–Trinajstić information content (AvgIpc) is 3.10. The van der Waals surface area contributed by atoms with Gasteiger partial charge in [-0.15, -0.1) is 0 Å². The van der Waals surface area contributed by atoms with Crippen LogP contribution in [0.15, 0.2) is 22.8 Å². The molecule has 0 saturated heterocycles. The van der Waals surface area contributed by atoms with Crippen LogP contribution in [-0.2, 0) is 11.3 Å². The third-order valence-electron chi connectivity index (χ3n) is 3.72. The largest absolute Gasteiger partial charge is 0.467 e. The second-order valence-corrected chi connectivity index (χ2v) is 5.19. The van der Waals surface area contributed by atoms with Crippen molar-refractivity contribution < 1.29 is 9.21 Å². The molecule has 1 aromatic heterocycles. The number of hydrogen-bond acceptors (Lipinski definition) is 3. The van der Waals surface area contributed by atoms with Gasteiger partial charge in [-0.05, 0) is 30.9 Å². The summed E-state index contributed by atoms with van der Waals surface area (Å²) in [7, 11) is 0. The summed E-state index contributed by atoms with van der Waals surface area (Å²) in [6, 6.07) is 3.71. The van der Waals surface area contributed by atoms with Crippen molar-refractivity contribution in [2.75, 3.05) is 0 Å². The van der Waals surface area contributed by atoms with Crippen LogP contribution in [0.5, 0.6) is 0 Å². The minimum Gasteiger partial charge on any atom is -0.467 e. The zero-order valence-corrected chi connectivity index (χ0v) is 11.1. The van der Waals surface area contributed by atoms with Crippen molar-refractivity contribution in [1.29, 1.82) is 0 Å². The van der Waals surface area contributed by atoms with Gasteiger partial charge in [-0.1, -0.05) is 20.3 Å². The summed E-state index contributed by atoms with van der Waals surface area (Å²) in [5.74, 6) is 1.10. The van der Waals surface area contributed by atoms with Gasteiger partial charge in [-0.3, -0.25) is 4.79 Å². The number of carbonyl (C=O) groups excluding carboxylic acids is 1. The van der Waals surface area contributed by atoms with E-state index in [9.17, 15) is 4.79 Å². The minimum atomic E-state index is -0.398. The van der Waals surface area contributed by atoms with Crippen molar-refractivity contribution in [3.63, 3.8) is 0 Å². The molecular formula is C14H22N2O2. The summed E-state index contributed by atoms with van der Waals surface area (Å²) in [6.07, 6.45) is 4.73. The molecule has 1 fully saturated rings. The van der Waals surface area contributed by atoms with Crippen LogP contribution in [0.25, 0.3) is 0 Å². The van der Waals surface area contributed by atoms with Crippen LogP contribution in [0.2, 0.25) is 0 Å². The molecule has 1 amide bonds. The molecule has 2 N–H and O–H groups in total. The quantitative estimate of drug-likeness (QED) is 0.841. The van der Waals surface area contributed by atoms with Gasteiger partial charge in [0.05, 0.1) is 18.8 Å². The van der Waals surface area contributed by atoms with Crippen LogP contribution in [-0.4, -0.2) is 22.9 Å². The van der Waals surface area contributed by atoms with E-state index in [1.54, 1.807) is 6.26 Å². The third kappa shape index (κ3) is 2.93. The Hall–Kier alpha value is -1.29. The SMILES string of the molecule is CC[C@H](C)[C@H](N)C(=O)N(Cc1ccco1)C1CC1. The Morgan fingerprint density at radius 3 is 2.83 bits per heavy atom. The molecule has 4 heteroatoms. The Morgan fingerprint density at radius 2 is 2.33 bits per heavy atom. The van der Waals surface area contributed by atoms with Crippen molar-refractivity contribution in [3.8, 4) is 0 Å². The topological polar surface area (TPSA) is 59.5 Å². The lowest BCUT2D eigenvalue weighted by molar-refractivity contribution is -0.135. The summed E-state index contributed by atoms with van der Waals surface area (Å²) in [4.78, 5) is 14.3. The molecule has 4 nitrogen and oxygen atoms in total. The lowest BCUT2D eigenvalue weighted by atomic mass is 9.99. The van der Waals surface area contributed by atoms with Gasteiger partial charge in [-0.25, -0.2) is 0 Å². The number of carbonyl (C=O) groups is 1. The van der Waals surface area contributed by atoms with E-state index in [1.165, 1.54) is 0 Å². The molecule has 1 aromatic rings. The second-order valence-electron chi connectivity index (χ2n) is 5.19. The Bertz CT molecular complexity index is 385. The van der Waals surface area contributed by atoms with Crippen molar-refractivity contribution in [3.05, 3.63) is 24.2 Å². The molecule has 1 aliphatic rings. The predicted octanol–water partition coefficient (Wildman–Crippen LogP) is 2.14. The highest BCUT2D eigenvalue weighted by Gasteiger charge is 2.36. The summed E-state index contributed by atoms with van der Waals surface area (Å²) < 4.78 is 5.32. The minimum absolute atomic E-state index is 0.0586. The number of nitrogens with two attached hydrogens (primary N) is 1. The first-order valence-electron chi connectivity index (χ1n) is 6.72. The molecule has 0 aliphatic heterocycles. The highest BCUT2D eigenvalue weighted by molar-refractivity contribution is 5.82. The molecular weight excluding hydrogens is 228 g/mol. The van der Waals surface area contributed by atoms with Crippen molar-refractivity contribution >= 4 is 5.91 Å². The van der Waals surface area contributed by atoms with Gasteiger partial charge in [0.15, 0.2) is 0 Å². The average molecular weight is 250 g/mol. The van der Waals surface area contributed by atoms with E-state index in [2.05, 4.69) is 6.92 Å². The highest BCUT2D eigenvalue weighted by Crippen LogP contribution is 2.29. The number of amides is 1. The van der Waals surface area contributed by atoms with E-state index in [4.69, 9.17) is 10.2 Å². The molecule has 18 heavy (non-hydrogen) atoms. The lowest BCUT2D eigenvalue weighted by Gasteiger charge is -2.27. The molecule has 1 aliphatic carbocycles. The lowest BCUT2D eigenvalue weighted by Crippen LogP contribution is -2.47. The maximum Gasteiger partial charge on any atom is 0.240 e. The van der Waals surface area contributed by atoms with Crippen molar-refractivity contribution in [2.24, 2.45) is 11.7 Å². The Labute approximate surface area is 108 Å². The Kier molecular flexibility index (Phi) is 4.07. The molecule has 2 atom stereocenters. The van der Waals surface area contributed by atoms with Gasteiger partial charge in [-0.2, -0.15) is 0 Å². The monoisotopic (exact) mass is 250 g/mol. The third-order valence-corrected chi connectivity index (χ3v) is 3.72. The van der Waals surface area contributed by atoms with Crippen LogP contribution < -0.4 is 5.73 Å². The number of furan rings is 1. The molecule has 0 radical (unpaired) electrons. The fourth-order valence-corrected chi connectivity index (χ4v) is 2.03. The van der Waals surface area contributed by atoms with Gasteiger partial charge in [0.2, 0.25) is 5.91 Å². The van der Waals surface area contributed by atoms with Crippen molar-refractivity contribution in [2.45, 2.75) is 51.7 Å². The summed E-state index contributed by atoms with van der Waals surface area (Å²) in [5, 5.41) is 0. The predicted molar refractivity (Wildman–Crippen MR) is 69.7 cm³/mol. The maximum atomic E-state index is 12.4. The van der Waals surface area contributed by atoms with E-state index in [0.29, 0.717) is 12.6 Å². The molecule has 1 heterocycles. The Morgan fingerprint density at radius 1 is 1.61 bits per heavy atom. The fraction of sp³-hybridized carbons (Fsp3) is 0.643. The van der Waals surface area contributed by atoms with Crippen molar-refractivity contribution in [1.82, 2.24) is 4.90 Å². The van der Waals surface area contributed by atoms with E-state index in [-0.39, 0.29) is 11.8 Å². The molecule has 0 spiro atoms. The summed E-state index contributed by atoms with van der Waals surface area (Å²) in [5.41, 5.74) is 6.04. The van der Waals surface area contributed by atoms with E-state index >= 15 is 0 Å².